The van der Waals surface area contributed by atoms with Crippen molar-refractivity contribution in [2.75, 3.05) is 13.6 Å². The van der Waals surface area contributed by atoms with Gasteiger partial charge in [-0.25, -0.2) is 13.6 Å². The minimum absolute atomic E-state index is 0.0442. The summed E-state index contributed by atoms with van der Waals surface area (Å²) in [5.41, 5.74) is 0.317. The van der Waals surface area contributed by atoms with Crippen LogP contribution in [0.25, 0.3) is 0 Å². The molecule has 0 fully saturated rings. The van der Waals surface area contributed by atoms with Crippen molar-refractivity contribution in [3.8, 4) is 0 Å². The summed E-state index contributed by atoms with van der Waals surface area (Å²) in [6.45, 7) is 2.69. The number of hydrogen-bond donors (Lipinski definition) is 1. The van der Waals surface area contributed by atoms with Crippen LogP contribution in [0.1, 0.15) is 30.3 Å². The van der Waals surface area contributed by atoms with Gasteiger partial charge in [-0.1, -0.05) is 13.3 Å². The van der Waals surface area contributed by atoms with Crippen molar-refractivity contribution >= 4 is 15.9 Å². The first-order chi connectivity index (χ1) is 8.27. The van der Waals surface area contributed by atoms with E-state index in [4.69, 9.17) is 5.14 Å². The molecule has 0 aliphatic rings. The number of sulfonamides is 1. The van der Waals surface area contributed by atoms with E-state index >= 15 is 0 Å². The Morgan fingerprint density at radius 2 is 2.11 bits per heavy atom. The smallest absolute Gasteiger partial charge is 0.270 e. The number of carbonyl (C=O) groups is 1. The molecule has 1 aromatic heterocycles. The third-order valence-electron chi connectivity index (χ3n) is 2.72. The van der Waals surface area contributed by atoms with E-state index in [1.54, 1.807) is 19.0 Å². The van der Waals surface area contributed by atoms with E-state index < -0.39 is 10.0 Å². The number of hydrogen-bond acceptors (Lipinski definition) is 3. The minimum atomic E-state index is -3.77. The Labute approximate surface area is 107 Å². The van der Waals surface area contributed by atoms with Gasteiger partial charge in [0.2, 0.25) is 10.0 Å². The van der Waals surface area contributed by atoms with Gasteiger partial charge in [0, 0.05) is 26.8 Å². The predicted molar refractivity (Wildman–Crippen MR) is 68.7 cm³/mol. The Kier molecular flexibility index (Phi) is 4.53. The second-order valence-corrected chi connectivity index (χ2v) is 5.86. The average molecular weight is 273 g/mol. The largest absolute Gasteiger partial charge is 0.345 e. The first-order valence-corrected chi connectivity index (χ1v) is 7.26. The molecule has 1 heterocycles. The number of carbonyl (C=O) groups excluding carboxylic acids is 1. The Hall–Kier alpha value is -1.34. The predicted octanol–water partition coefficient (Wildman–Crippen LogP) is 0.545. The fraction of sp³-hybridized carbons (Fsp3) is 0.545. The third-order valence-corrected chi connectivity index (χ3v) is 3.60. The molecule has 1 aromatic rings. The summed E-state index contributed by atoms with van der Waals surface area (Å²) in [6.07, 6.45) is 3.25. The van der Waals surface area contributed by atoms with Gasteiger partial charge >= 0.3 is 0 Å². The Morgan fingerprint density at radius 3 is 2.56 bits per heavy atom. The van der Waals surface area contributed by atoms with Crippen molar-refractivity contribution in [1.29, 1.82) is 0 Å². The van der Waals surface area contributed by atoms with E-state index in [1.807, 2.05) is 6.92 Å². The molecule has 1 amide bonds. The Balaban J connectivity index is 2.97. The van der Waals surface area contributed by atoms with E-state index in [0.29, 0.717) is 12.2 Å². The van der Waals surface area contributed by atoms with Crippen LogP contribution in [0.5, 0.6) is 0 Å². The SMILES string of the molecule is CCCCN(C)C(=O)c1cc(S(N)(=O)=O)cn1C. The summed E-state index contributed by atoms with van der Waals surface area (Å²) in [5, 5.41) is 5.03. The standard InChI is InChI=1S/C11H19N3O3S/c1-4-5-6-13(2)11(15)10-7-9(8-14(10)3)18(12,16)17/h7-8H,4-6H2,1-3H3,(H2,12,16,17). The minimum Gasteiger partial charge on any atom is -0.345 e. The van der Waals surface area contributed by atoms with Gasteiger partial charge < -0.3 is 9.47 Å². The molecular formula is C11H19N3O3S. The molecule has 0 radical (unpaired) electrons. The molecule has 0 bridgehead atoms. The van der Waals surface area contributed by atoms with E-state index in [2.05, 4.69) is 0 Å². The molecule has 0 aliphatic heterocycles. The van der Waals surface area contributed by atoms with Gasteiger partial charge in [-0.15, -0.1) is 0 Å². The van der Waals surface area contributed by atoms with Gasteiger partial charge in [0.1, 0.15) is 10.6 Å². The molecule has 2 N–H and O–H groups in total. The average Bonchev–Trinajstić information content (AvgIpc) is 2.66. The van der Waals surface area contributed by atoms with Gasteiger partial charge in [0.15, 0.2) is 0 Å². The Bertz CT molecular complexity index is 534. The maximum absolute atomic E-state index is 12.1. The van der Waals surface area contributed by atoms with Crippen LogP contribution in [0.4, 0.5) is 0 Å². The number of nitrogens with zero attached hydrogens (tertiary/aromatic N) is 2. The molecule has 6 nitrogen and oxygen atoms in total. The zero-order valence-corrected chi connectivity index (χ0v) is 11.7. The zero-order chi connectivity index (χ0) is 13.9. The summed E-state index contributed by atoms with van der Waals surface area (Å²) >= 11 is 0. The topological polar surface area (TPSA) is 85.4 Å². The molecular weight excluding hydrogens is 254 g/mol. The number of unbranched alkanes of at least 4 members (excludes halogenated alkanes) is 1. The summed E-state index contributed by atoms with van der Waals surface area (Å²) in [6, 6.07) is 1.31. The van der Waals surface area contributed by atoms with E-state index in [0.717, 1.165) is 12.8 Å². The number of aryl methyl sites for hydroxylation is 1. The molecule has 18 heavy (non-hydrogen) atoms. The lowest BCUT2D eigenvalue weighted by molar-refractivity contribution is 0.0784. The van der Waals surface area contributed by atoms with Crippen LogP contribution in [-0.2, 0) is 17.1 Å². The van der Waals surface area contributed by atoms with Gasteiger partial charge in [0.25, 0.3) is 5.91 Å². The van der Waals surface area contributed by atoms with Crippen molar-refractivity contribution in [3.05, 3.63) is 18.0 Å². The van der Waals surface area contributed by atoms with E-state index in [1.165, 1.54) is 16.8 Å². The molecule has 0 saturated carbocycles. The highest BCUT2D eigenvalue weighted by atomic mass is 32.2. The highest BCUT2D eigenvalue weighted by molar-refractivity contribution is 7.89. The second kappa shape index (κ2) is 5.53. The van der Waals surface area contributed by atoms with Gasteiger partial charge in [0.05, 0.1) is 0 Å². The van der Waals surface area contributed by atoms with Crippen LogP contribution in [-0.4, -0.2) is 37.4 Å². The molecule has 0 aliphatic carbocycles. The maximum Gasteiger partial charge on any atom is 0.270 e. The lowest BCUT2D eigenvalue weighted by Gasteiger charge is -2.16. The van der Waals surface area contributed by atoms with Crippen molar-refractivity contribution in [1.82, 2.24) is 9.47 Å². The Morgan fingerprint density at radius 1 is 1.50 bits per heavy atom. The fourth-order valence-corrected chi connectivity index (χ4v) is 2.18. The van der Waals surface area contributed by atoms with Crippen LogP contribution in [0.3, 0.4) is 0 Å². The summed E-state index contributed by atoms with van der Waals surface area (Å²) < 4.78 is 23.9. The molecule has 1 rings (SSSR count). The van der Waals surface area contributed by atoms with Crippen molar-refractivity contribution in [2.24, 2.45) is 12.2 Å². The maximum atomic E-state index is 12.1. The molecule has 0 unspecified atom stereocenters. The highest BCUT2D eigenvalue weighted by Gasteiger charge is 2.19. The normalized spacial score (nSPS) is 11.6. The number of primary sulfonamides is 1. The monoisotopic (exact) mass is 273 g/mol. The first-order valence-electron chi connectivity index (χ1n) is 5.72. The lowest BCUT2D eigenvalue weighted by Crippen LogP contribution is -2.29. The van der Waals surface area contributed by atoms with E-state index in [9.17, 15) is 13.2 Å². The molecule has 102 valence electrons. The van der Waals surface area contributed by atoms with Crippen LogP contribution in [0.2, 0.25) is 0 Å². The number of rotatable bonds is 5. The van der Waals surface area contributed by atoms with Crippen LogP contribution in [0, 0.1) is 0 Å². The quantitative estimate of drug-likeness (QED) is 0.849. The van der Waals surface area contributed by atoms with Gasteiger partial charge in [-0.3, -0.25) is 4.79 Å². The van der Waals surface area contributed by atoms with E-state index in [-0.39, 0.29) is 10.8 Å². The van der Waals surface area contributed by atoms with Gasteiger partial charge in [-0.2, -0.15) is 0 Å². The van der Waals surface area contributed by atoms with Crippen LogP contribution >= 0.6 is 0 Å². The summed E-state index contributed by atoms with van der Waals surface area (Å²) in [5.74, 6) is -0.208. The van der Waals surface area contributed by atoms with Crippen LogP contribution < -0.4 is 5.14 Å². The van der Waals surface area contributed by atoms with Crippen molar-refractivity contribution in [3.63, 3.8) is 0 Å². The lowest BCUT2D eigenvalue weighted by atomic mass is 10.3. The fourth-order valence-electron chi connectivity index (χ4n) is 1.59. The summed E-state index contributed by atoms with van der Waals surface area (Å²) in [7, 11) is -0.456. The summed E-state index contributed by atoms with van der Waals surface area (Å²) in [4.78, 5) is 13.6. The number of aromatic nitrogens is 1. The third kappa shape index (κ3) is 3.33. The van der Waals surface area contributed by atoms with Crippen molar-refractivity contribution < 1.29 is 13.2 Å². The second-order valence-electron chi connectivity index (χ2n) is 4.30. The first kappa shape index (κ1) is 14.7. The van der Waals surface area contributed by atoms with Gasteiger partial charge in [-0.05, 0) is 12.5 Å². The zero-order valence-electron chi connectivity index (χ0n) is 10.9. The number of amides is 1. The molecule has 7 heteroatoms. The highest BCUT2D eigenvalue weighted by Crippen LogP contribution is 2.13. The molecule has 0 atom stereocenters. The van der Waals surface area contributed by atoms with Crippen LogP contribution in [0.15, 0.2) is 17.2 Å². The number of nitrogens with two attached hydrogens (primary N) is 1. The molecule has 0 spiro atoms. The molecule has 0 aromatic carbocycles. The van der Waals surface area contributed by atoms with Crippen molar-refractivity contribution in [2.45, 2.75) is 24.7 Å². The molecule has 0 saturated heterocycles.